The summed E-state index contributed by atoms with van der Waals surface area (Å²) in [5.41, 5.74) is -6.45. The fourth-order valence-electron chi connectivity index (χ4n) is 6.73. The molecule has 0 amide bonds. The quantitative estimate of drug-likeness (QED) is 0.247. The third kappa shape index (κ3) is 4.43. The van der Waals surface area contributed by atoms with Crippen molar-refractivity contribution in [3.63, 3.8) is 0 Å². The van der Waals surface area contributed by atoms with Crippen LogP contribution in [0.2, 0.25) is 0 Å². The molecule has 2 fully saturated rings. The second kappa shape index (κ2) is 9.61. The van der Waals surface area contributed by atoms with Crippen LogP contribution < -0.4 is 0 Å². The van der Waals surface area contributed by atoms with Crippen molar-refractivity contribution in [1.82, 2.24) is 0 Å². The topological polar surface area (TPSA) is 121 Å². The van der Waals surface area contributed by atoms with Gasteiger partial charge in [0.15, 0.2) is 22.8 Å². The van der Waals surface area contributed by atoms with Crippen molar-refractivity contribution in [2.75, 3.05) is 0 Å². The van der Waals surface area contributed by atoms with Gasteiger partial charge >= 0.3 is 0 Å². The summed E-state index contributed by atoms with van der Waals surface area (Å²) >= 11 is 0. The van der Waals surface area contributed by atoms with Gasteiger partial charge in [0.05, 0.1) is 22.7 Å². The number of allylic oxidation sites excluding steroid dienone is 2. The minimum atomic E-state index is -2.12. The number of benzene rings is 1. The summed E-state index contributed by atoms with van der Waals surface area (Å²) in [6.07, 6.45) is 1.65. The molecule has 7 heteroatoms. The molecule has 40 heavy (non-hydrogen) atoms. The van der Waals surface area contributed by atoms with Crippen LogP contribution in [0.1, 0.15) is 78.1 Å². The average Bonchev–Trinajstić information content (AvgIpc) is 3.24. The lowest BCUT2D eigenvalue weighted by Gasteiger charge is -2.58. The summed E-state index contributed by atoms with van der Waals surface area (Å²) in [6, 6.07) is 8.34. The fourth-order valence-corrected chi connectivity index (χ4v) is 6.73. The van der Waals surface area contributed by atoms with E-state index in [0.717, 1.165) is 0 Å². The summed E-state index contributed by atoms with van der Waals surface area (Å²) in [7, 11) is 0. The highest BCUT2D eigenvalue weighted by Crippen LogP contribution is 2.68. The molecule has 0 radical (unpaired) electrons. The Labute approximate surface area is 236 Å². The molecule has 1 aromatic rings. The van der Waals surface area contributed by atoms with E-state index < -0.39 is 62.9 Å². The molecule has 2 bridgehead atoms. The van der Waals surface area contributed by atoms with Crippen LogP contribution >= 0.6 is 0 Å². The molecule has 216 valence electrons. The molecule has 1 aromatic carbocycles. The Morgan fingerprint density at radius 2 is 1.73 bits per heavy atom. The van der Waals surface area contributed by atoms with Crippen molar-refractivity contribution in [2.24, 2.45) is 22.2 Å². The van der Waals surface area contributed by atoms with Gasteiger partial charge in [0.1, 0.15) is 11.9 Å². The van der Waals surface area contributed by atoms with Crippen LogP contribution in [-0.4, -0.2) is 56.1 Å². The second-order valence-corrected chi connectivity index (χ2v) is 13.6. The van der Waals surface area contributed by atoms with E-state index in [9.17, 15) is 29.7 Å². The monoisotopic (exact) mass is 550 g/mol. The molecule has 3 aliphatic rings. The fraction of sp³-hybridized carbons (Fsp3) is 0.545. The van der Waals surface area contributed by atoms with Gasteiger partial charge in [-0.25, -0.2) is 0 Å². The number of hydrogen-bond donors (Lipinski definition) is 3. The van der Waals surface area contributed by atoms with Crippen molar-refractivity contribution >= 4 is 17.3 Å². The van der Waals surface area contributed by atoms with Crippen molar-refractivity contribution in [1.29, 1.82) is 0 Å². The van der Waals surface area contributed by atoms with Gasteiger partial charge in [0, 0.05) is 24.0 Å². The van der Waals surface area contributed by atoms with Crippen molar-refractivity contribution in [3.8, 4) is 0 Å². The summed E-state index contributed by atoms with van der Waals surface area (Å²) in [6.45, 7) is 15.4. The maximum Gasteiger partial charge on any atom is 0.184 e. The van der Waals surface area contributed by atoms with Crippen LogP contribution in [0.25, 0.3) is 0 Å². The molecule has 5 atom stereocenters. The Morgan fingerprint density at radius 3 is 2.25 bits per heavy atom. The number of aliphatic hydroxyl groups is 3. The summed E-state index contributed by atoms with van der Waals surface area (Å²) in [5.74, 6) is -2.14. The third-order valence-corrected chi connectivity index (χ3v) is 9.22. The first-order valence-corrected chi connectivity index (χ1v) is 13.9. The van der Waals surface area contributed by atoms with E-state index in [0.29, 0.717) is 5.57 Å². The molecular weight excluding hydrogens is 508 g/mol. The first kappa shape index (κ1) is 30.1. The van der Waals surface area contributed by atoms with E-state index in [-0.39, 0.29) is 36.2 Å². The zero-order valence-corrected chi connectivity index (χ0v) is 24.6. The molecule has 1 saturated heterocycles. The number of carbonyl (C=O) groups is 3. The van der Waals surface area contributed by atoms with E-state index in [4.69, 9.17) is 4.74 Å². The van der Waals surface area contributed by atoms with E-state index in [1.54, 1.807) is 91.0 Å². The zero-order valence-electron chi connectivity index (χ0n) is 24.6. The number of ketones is 3. The predicted molar refractivity (Wildman–Crippen MR) is 151 cm³/mol. The first-order valence-electron chi connectivity index (χ1n) is 13.9. The third-order valence-electron chi connectivity index (χ3n) is 9.22. The first-order chi connectivity index (χ1) is 18.3. The average molecular weight is 551 g/mol. The molecule has 1 spiro atoms. The summed E-state index contributed by atoms with van der Waals surface area (Å²) in [5, 5.41) is 32.4. The van der Waals surface area contributed by atoms with E-state index >= 15 is 0 Å². The van der Waals surface area contributed by atoms with Gasteiger partial charge in [-0.2, -0.15) is 0 Å². The highest BCUT2D eigenvalue weighted by Gasteiger charge is 2.77. The van der Waals surface area contributed by atoms with Gasteiger partial charge in [-0.1, -0.05) is 68.5 Å². The molecule has 1 aliphatic heterocycles. The zero-order chi connectivity index (χ0) is 30.1. The molecule has 0 aromatic heterocycles. The molecule has 0 unspecified atom stereocenters. The van der Waals surface area contributed by atoms with Crippen molar-refractivity contribution in [2.45, 2.75) is 91.1 Å². The molecule has 3 N–H and O–H groups in total. The highest BCUT2D eigenvalue weighted by molar-refractivity contribution is 6.36. The van der Waals surface area contributed by atoms with Crippen LogP contribution in [-0.2, 0) is 14.3 Å². The smallest absolute Gasteiger partial charge is 0.184 e. The van der Waals surface area contributed by atoms with Gasteiger partial charge < -0.3 is 20.1 Å². The van der Waals surface area contributed by atoms with Gasteiger partial charge in [-0.05, 0) is 52.4 Å². The van der Waals surface area contributed by atoms with Gasteiger partial charge in [-0.15, -0.1) is 0 Å². The van der Waals surface area contributed by atoms with E-state index in [1.807, 2.05) is 0 Å². The minimum Gasteiger partial charge on any atom is -0.490 e. The van der Waals surface area contributed by atoms with Crippen LogP contribution in [0.4, 0.5) is 0 Å². The number of ether oxygens (including phenoxy) is 1. The van der Waals surface area contributed by atoms with Crippen LogP contribution in [0.5, 0.6) is 0 Å². The minimum absolute atomic E-state index is 0.0807. The summed E-state index contributed by atoms with van der Waals surface area (Å²) in [4.78, 5) is 44.4. The Morgan fingerprint density at radius 1 is 1.12 bits per heavy atom. The number of hydrogen-bond acceptors (Lipinski definition) is 7. The Kier molecular flexibility index (Phi) is 7.23. The molecular formula is C33H42O7. The maximum atomic E-state index is 15.0. The van der Waals surface area contributed by atoms with Crippen molar-refractivity contribution in [3.05, 3.63) is 71.5 Å². The largest absolute Gasteiger partial charge is 0.490 e. The van der Waals surface area contributed by atoms with Gasteiger partial charge in [0.2, 0.25) is 0 Å². The molecule has 1 heterocycles. The molecule has 1 saturated carbocycles. The van der Waals surface area contributed by atoms with Crippen LogP contribution in [0.15, 0.2) is 66.0 Å². The van der Waals surface area contributed by atoms with E-state index in [1.165, 1.54) is 0 Å². The van der Waals surface area contributed by atoms with Crippen molar-refractivity contribution < 1.29 is 34.4 Å². The second-order valence-electron chi connectivity index (χ2n) is 13.6. The maximum absolute atomic E-state index is 15.0. The highest BCUT2D eigenvalue weighted by atomic mass is 16.5. The van der Waals surface area contributed by atoms with E-state index in [2.05, 4.69) is 6.58 Å². The van der Waals surface area contributed by atoms with Crippen LogP contribution in [0, 0.1) is 22.2 Å². The molecule has 2 aliphatic carbocycles. The lowest BCUT2D eigenvalue weighted by Crippen LogP contribution is -2.69. The Balaban J connectivity index is 2.08. The number of rotatable bonds is 8. The molecule has 7 nitrogen and oxygen atoms in total. The molecule has 4 rings (SSSR count). The Bertz CT molecular complexity index is 1300. The lowest BCUT2D eigenvalue weighted by molar-refractivity contribution is -0.161. The number of Topliss-reactive ketones (excluding diaryl/α,β-unsaturated/α-hetero) is 3. The summed E-state index contributed by atoms with van der Waals surface area (Å²) < 4.78 is 6.30. The number of carbonyl (C=O) groups excluding carboxylic acids is 3. The van der Waals surface area contributed by atoms with Crippen LogP contribution in [0.3, 0.4) is 0 Å². The van der Waals surface area contributed by atoms with Gasteiger partial charge in [0.25, 0.3) is 0 Å². The van der Waals surface area contributed by atoms with Gasteiger partial charge in [-0.3, -0.25) is 14.4 Å². The SMILES string of the molecule is C=C(C)[C@H](O)CC1=C2O[C@@H](C(C)(C)O)C[C@]23C[C@@H](/C=C/C(C)(C)O)C(C)(C)[C@](C(=O)c2ccccc2)(C1=O)C3=O. The standard InChI is InChI=1S/C33H42O7/c1-19(2)23(34)16-22-26(36)33(25(35)20-12-10-9-11-13-20)28(37)32(18-24(31(7,8)39)40-27(22)32)17-21(30(33,5)6)14-15-29(3,4)38/h9-15,21,23-24,34,38-39H,1,16-18H2,2-8H3/b15-14+/t21-,23-,24-,32-,33-/m1/s1. The predicted octanol–water partition coefficient (Wildman–Crippen LogP) is 4.51. The Hall–Kier alpha value is -2.87. The lowest BCUT2D eigenvalue weighted by atomic mass is 9.39. The number of aliphatic hydroxyl groups excluding tert-OH is 1. The normalized spacial score (nSPS) is 30.8. The number of fused-ring (bicyclic) bond motifs is 1.